The molecule has 3 rings (SSSR count). The zero-order chi connectivity index (χ0) is 16.2. The first kappa shape index (κ1) is 15.4. The van der Waals surface area contributed by atoms with Crippen LogP contribution < -0.4 is 15.4 Å². The molecule has 118 valence electrons. The van der Waals surface area contributed by atoms with Crippen molar-refractivity contribution in [1.82, 2.24) is 5.32 Å². The highest BCUT2D eigenvalue weighted by molar-refractivity contribution is 6.32. The SMILES string of the molecule is O=C1CC[C@H](C(=O)Nc2ccccc2Oc2ccccc2Cl)N1. The molecular formula is C17H15ClN2O3. The third kappa shape index (κ3) is 3.63. The van der Waals surface area contributed by atoms with Gasteiger partial charge in [0, 0.05) is 6.42 Å². The van der Waals surface area contributed by atoms with Gasteiger partial charge >= 0.3 is 0 Å². The van der Waals surface area contributed by atoms with Gasteiger partial charge in [0.15, 0.2) is 5.75 Å². The number of benzene rings is 2. The number of carbonyl (C=O) groups excluding carboxylic acids is 2. The molecule has 5 nitrogen and oxygen atoms in total. The molecule has 0 radical (unpaired) electrons. The molecule has 0 unspecified atom stereocenters. The highest BCUT2D eigenvalue weighted by atomic mass is 35.5. The number of amides is 2. The molecule has 1 atom stereocenters. The van der Waals surface area contributed by atoms with Crippen LogP contribution >= 0.6 is 11.6 Å². The van der Waals surface area contributed by atoms with Crippen molar-refractivity contribution in [3.63, 3.8) is 0 Å². The van der Waals surface area contributed by atoms with Crippen molar-refractivity contribution in [2.75, 3.05) is 5.32 Å². The van der Waals surface area contributed by atoms with Crippen molar-refractivity contribution < 1.29 is 14.3 Å². The average molecular weight is 331 g/mol. The van der Waals surface area contributed by atoms with E-state index in [2.05, 4.69) is 10.6 Å². The lowest BCUT2D eigenvalue weighted by Crippen LogP contribution is -2.37. The molecule has 23 heavy (non-hydrogen) atoms. The Labute approximate surface area is 138 Å². The van der Waals surface area contributed by atoms with Crippen LogP contribution in [0.3, 0.4) is 0 Å². The van der Waals surface area contributed by atoms with E-state index in [0.717, 1.165) is 0 Å². The molecule has 0 saturated carbocycles. The van der Waals surface area contributed by atoms with E-state index in [4.69, 9.17) is 16.3 Å². The van der Waals surface area contributed by atoms with Crippen molar-refractivity contribution in [1.29, 1.82) is 0 Å². The van der Waals surface area contributed by atoms with Crippen molar-refractivity contribution >= 4 is 29.1 Å². The van der Waals surface area contributed by atoms with Crippen molar-refractivity contribution in [3.8, 4) is 11.5 Å². The molecule has 2 N–H and O–H groups in total. The predicted octanol–water partition coefficient (Wildman–Crippen LogP) is 3.35. The van der Waals surface area contributed by atoms with Gasteiger partial charge in [-0.15, -0.1) is 0 Å². The predicted molar refractivity (Wildman–Crippen MR) is 87.8 cm³/mol. The van der Waals surface area contributed by atoms with E-state index < -0.39 is 6.04 Å². The lowest BCUT2D eigenvalue weighted by molar-refractivity contribution is -0.122. The van der Waals surface area contributed by atoms with Crippen LogP contribution in [0, 0.1) is 0 Å². The molecule has 2 aromatic rings. The number of para-hydroxylation sites is 3. The molecule has 1 saturated heterocycles. The highest BCUT2D eigenvalue weighted by Crippen LogP contribution is 2.33. The summed E-state index contributed by atoms with van der Waals surface area (Å²) in [6, 6.07) is 13.7. The number of carbonyl (C=O) groups is 2. The summed E-state index contributed by atoms with van der Waals surface area (Å²) in [6.45, 7) is 0. The van der Waals surface area contributed by atoms with Gasteiger partial charge in [-0.05, 0) is 30.7 Å². The topological polar surface area (TPSA) is 67.4 Å². The van der Waals surface area contributed by atoms with Gasteiger partial charge in [-0.1, -0.05) is 35.9 Å². The summed E-state index contributed by atoms with van der Waals surface area (Å²) in [6.07, 6.45) is 0.869. The maximum atomic E-state index is 12.2. The monoisotopic (exact) mass is 330 g/mol. The minimum Gasteiger partial charge on any atom is -0.454 e. The van der Waals surface area contributed by atoms with Gasteiger partial charge in [0.1, 0.15) is 11.8 Å². The van der Waals surface area contributed by atoms with Gasteiger partial charge in [-0.25, -0.2) is 0 Å². The number of ether oxygens (including phenoxy) is 1. The molecule has 0 spiro atoms. The molecule has 2 amide bonds. The molecule has 6 heteroatoms. The van der Waals surface area contributed by atoms with Gasteiger partial charge in [-0.2, -0.15) is 0 Å². The Morgan fingerprint density at radius 1 is 1.13 bits per heavy atom. The van der Waals surface area contributed by atoms with E-state index in [1.807, 2.05) is 12.1 Å². The second-order valence-electron chi connectivity index (χ2n) is 5.18. The Morgan fingerprint density at radius 3 is 2.52 bits per heavy atom. The number of rotatable bonds is 4. The zero-order valence-electron chi connectivity index (χ0n) is 12.2. The number of hydrogen-bond acceptors (Lipinski definition) is 3. The Hall–Kier alpha value is -2.53. The highest BCUT2D eigenvalue weighted by Gasteiger charge is 2.27. The second-order valence-corrected chi connectivity index (χ2v) is 5.58. The van der Waals surface area contributed by atoms with Crippen LogP contribution in [-0.2, 0) is 9.59 Å². The molecule has 0 aromatic heterocycles. The molecule has 1 aliphatic rings. The lowest BCUT2D eigenvalue weighted by atomic mass is 10.2. The number of anilines is 1. The second kappa shape index (κ2) is 6.71. The standard InChI is InChI=1S/C17H15ClN2O3/c18-11-5-1-3-7-14(11)23-15-8-4-2-6-12(15)20-17(22)13-9-10-16(21)19-13/h1-8,13H,9-10H2,(H,19,21)(H,20,22)/t13-/m1/s1. The zero-order valence-corrected chi connectivity index (χ0v) is 13.0. The molecular weight excluding hydrogens is 316 g/mol. The van der Waals surface area contributed by atoms with Crippen LogP contribution in [0.25, 0.3) is 0 Å². The Morgan fingerprint density at radius 2 is 1.83 bits per heavy atom. The van der Waals surface area contributed by atoms with Crippen LogP contribution in [0.1, 0.15) is 12.8 Å². The molecule has 1 heterocycles. The largest absolute Gasteiger partial charge is 0.454 e. The van der Waals surface area contributed by atoms with Crippen LogP contribution in [0.4, 0.5) is 5.69 Å². The summed E-state index contributed by atoms with van der Waals surface area (Å²) < 4.78 is 5.79. The van der Waals surface area contributed by atoms with E-state index in [1.165, 1.54) is 0 Å². The first-order valence-electron chi connectivity index (χ1n) is 7.25. The molecule has 0 aliphatic carbocycles. The normalized spacial score (nSPS) is 16.7. The third-order valence-electron chi connectivity index (χ3n) is 3.51. The van der Waals surface area contributed by atoms with E-state index in [1.54, 1.807) is 36.4 Å². The van der Waals surface area contributed by atoms with E-state index >= 15 is 0 Å². The van der Waals surface area contributed by atoms with Crippen LogP contribution in [0.15, 0.2) is 48.5 Å². The summed E-state index contributed by atoms with van der Waals surface area (Å²) >= 11 is 6.09. The first-order valence-corrected chi connectivity index (χ1v) is 7.63. The molecule has 1 aliphatic heterocycles. The van der Waals surface area contributed by atoms with Crippen molar-refractivity contribution in [3.05, 3.63) is 53.6 Å². The van der Waals surface area contributed by atoms with Crippen LogP contribution in [0.5, 0.6) is 11.5 Å². The Kier molecular flexibility index (Phi) is 4.48. The molecule has 1 fully saturated rings. The van der Waals surface area contributed by atoms with Gasteiger partial charge in [0.2, 0.25) is 11.8 Å². The summed E-state index contributed by atoms with van der Waals surface area (Å²) in [5.41, 5.74) is 0.526. The maximum Gasteiger partial charge on any atom is 0.247 e. The van der Waals surface area contributed by atoms with E-state index in [0.29, 0.717) is 35.1 Å². The summed E-state index contributed by atoms with van der Waals surface area (Å²) in [5, 5.41) is 5.91. The third-order valence-corrected chi connectivity index (χ3v) is 3.83. The number of hydrogen-bond donors (Lipinski definition) is 2. The van der Waals surface area contributed by atoms with Gasteiger partial charge in [0.25, 0.3) is 0 Å². The minimum atomic E-state index is -0.504. The van der Waals surface area contributed by atoms with Crippen molar-refractivity contribution in [2.24, 2.45) is 0 Å². The fraction of sp³-hybridized carbons (Fsp3) is 0.176. The first-order chi connectivity index (χ1) is 11.1. The Balaban J connectivity index is 1.77. The molecule has 0 bridgehead atoms. The van der Waals surface area contributed by atoms with E-state index in [-0.39, 0.29) is 11.8 Å². The summed E-state index contributed by atoms with van der Waals surface area (Å²) in [4.78, 5) is 23.4. The van der Waals surface area contributed by atoms with Gasteiger partial charge in [0.05, 0.1) is 10.7 Å². The molecule has 2 aromatic carbocycles. The lowest BCUT2D eigenvalue weighted by Gasteiger charge is -2.15. The maximum absolute atomic E-state index is 12.2. The number of nitrogens with one attached hydrogen (secondary N) is 2. The Bertz CT molecular complexity index is 748. The smallest absolute Gasteiger partial charge is 0.247 e. The summed E-state index contributed by atoms with van der Waals surface area (Å²) in [5.74, 6) is 0.625. The number of halogens is 1. The fourth-order valence-electron chi connectivity index (χ4n) is 2.34. The van der Waals surface area contributed by atoms with E-state index in [9.17, 15) is 9.59 Å². The average Bonchev–Trinajstić information content (AvgIpc) is 2.98. The quantitative estimate of drug-likeness (QED) is 0.903. The minimum absolute atomic E-state index is 0.106. The van der Waals surface area contributed by atoms with Gasteiger partial charge < -0.3 is 15.4 Å². The summed E-state index contributed by atoms with van der Waals surface area (Å²) in [7, 11) is 0. The van der Waals surface area contributed by atoms with Gasteiger partial charge in [-0.3, -0.25) is 9.59 Å². The van der Waals surface area contributed by atoms with Crippen LogP contribution in [-0.4, -0.2) is 17.9 Å². The van der Waals surface area contributed by atoms with Crippen molar-refractivity contribution in [2.45, 2.75) is 18.9 Å². The fourth-order valence-corrected chi connectivity index (χ4v) is 2.51. The van der Waals surface area contributed by atoms with Crippen LogP contribution in [0.2, 0.25) is 5.02 Å².